The van der Waals surface area contributed by atoms with Gasteiger partial charge in [-0.3, -0.25) is 10.1 Å². The summed E-state index contributed by atoms with van der Waals surface area (Å²) < 4.78 is 0. The van der Waals surface area contributed by atoms with E-state index in [4.69, 9.17) is 0 Å². The van der Waals surface area contributed by atoms with Crippen molar-refractivity contribution in [2.45, 2.75) is 71.5 Å². The van der Waals surface area contributed by atoms with E-state index in [-0.39, 0.29) is 12.2 Å². The Morgan fingerprint density at radius 1 is 1.29 bits per heavy atom. The molecule has 0 aromatic rings. The van der Waals surface area contributed by atoms with Crippen LogP contribution >= 0.6 is 0 Å². The summed E-state index contributed by atoms with van der Waals surface area (Å²) in [5, 5.41) is 3.46. The molecule has 2 atom stereocenters. The first-order chi connectivity index (χ1) is 8.15. The third-order valence-electron chi connectivity index (χ3n) is 4.39. The third-order valence-corrected chi connectivity index (χ3v) is 4.39. The van der Waals surface area contributed by atoms with Crippen molar-refractivity contribution >= 4 is 5.91 Å². The van der Waals surface area contributed by atoms with E-state index in [0.29, 0.717) is 11.3 Å². The Labute approximate surface area is 105 Å². The van der Waals surface area contributed by atoms with Crippen molar-refractivity contribution in [3.8, 4) is 0 Å². The van der Waals surface area contributed by atoms with Gasteiger partial charge in [0.1, 0.15) is 0 Å². The van der Waals surface area contributed by atoms with Gasteiger partial charge in [-0.1, -0.05) is 27.2 Å². The minimum atomic E-state index is 0.0670. The molecule has 2 rings (SSSR count). The molecule has 1 heterocycles. The highest BCUT2D eigenvalue weighted by molar-refractivity contribution is 5.84. The molecule has 0 spiro atoms. The van der Waals surface area contributed by atoms with E-state index < -0.39 is 0 Å². The summed E-state index contributed by atoms with van der Waals surface area (Å²) >= 11 is 0. The lowest BCUT2D eigenvalue weighted by atomic mass is 9.99. The Morgan fingerprint density at radius 3 is 2.47 bits per heavy atom. The second kappa shape index (κ2) is 4.97. The van der Waals surface area contributed by atoms with Crippen molar-refractivity contribution in [1.29, 1.82) is 0 Å². The largest absolute Gasteiger partial charge is 0.325 e. The maximum Gasteiger partial charge on any atom is 0.241 e. The van der Waals surface area contributed by atoms with Gasteiger partial charge in [0, 0.05) is 6.54 Å². The van der Waals surface area contributed by atoms with Crippen LogP contribution in [0.25, 0.3) is 0 Å². The van der Waals surface area contributed by atoms with Crippen LogP contribution in [0.3, 0.4) is 0 Å². The second-order valence-corrected chi connectivity index (χ2v) is 5.77. The van der Waals surface area contributed by atoms with Crippen LogP contribution in [0.1, 0.15) is 59.3 Å². The topological polar surface area (TPSA) is 32.3 Å². The summed E-state index contributed by atoms with van der Waals surface area (Å²) in [6.45, 7) is 7.48. The van der Waals surface area contributed by atoms with Gasteiger partial charge in [0.25, 0.3) is 0 Å². The molecular formula is C14H26N2O. The maximum absolute atomic E-state index is 12.3. The molecule has 1 saturated heterocycles. The maximum atomic E-state index is 12.3. The Morgan fingerprint density at radius 2 is 2.00 bits per heavy atom. The van der Waals surface area contributed by atoms with Crippen molar-refractivity contribution < 1.29 is 4.79 Å². The molecule has 1 saturated carbocycles. The molecule has 1 N–H and O–H groups in total. The lowest BCUT2D eigenvalue weighted by Gasteiger charge is -2.28. The minimum Gasteiger partial charge on any atom is -0.325 e. The van der Waals surface area contributed by atoms with Gasteiger partial charge in [-0.15, -0.1) is 0 Å². The average molecular weight is 238 g/mol. The van der Waals surface area contributed by atoms with E-state index in [1.165, 1.54) is 25.7 Å². The van der Waals surface area contributed by atoms with Crippen LogP contribution in [0.4, 0.5) is 0 Å². The van der Waals surface area contributed by atoms with Crippen molar-refractivity contribution in [2.24, 2.45) is 5.41 Å². The monoisotopic (exact) mass is 238 g/mol. The fourth-order valence-electron chi connectivity index (χ4n) is 3.12. The van der Waals surface area contributed by atoms with E-state index >= 15 is 0 Å². The number of carbonyl (C=O) groups is 1. The van der Waals surface area contributed by atoms with Gasteiger partial charge < -0.3 is 4.90 Å². The van der Waals surface area contributed by atoms with Crippen LogP contribution in [0.2, 0.25) is 0 Å². The highest BCUT2D eigenvalue weighted by Crippen LogP contribution is 2.50. The Kier molecular flexibility index (Phi) is 3.76. The zero-order valence-corrected chi connectivity index (χ0v) is 11.5. The van der Waals surface area contributed by atoms with Crippen molar-refractivity contribution in [3.63, 3.8) is 0 Å². The summed E-state index contributed by atoms with van der Waals surface area (Å²) in [6.07, 6.45) is 7.36. The van der Waals surface area contributed by atoms with Gasteiger partial charge in [-0.05, 0) is 37.5 Å². The number of carbonyl (C=O) groups excluding carboxylic acids is 1. The minimum absolute atomic E-state index is 0.0670. The van der Waals surface area contributed by atoms with Gasteiger partial charge in [0.15, 0.2) is 0 Å². The molecule has 3 nitrogen and oxygen atoms in total. The molecule has 3 heteroatoms. The molecule has 1 aliphatic heterocycles. The molecule has 1 aliphatic carbocycles. The van der Waals surface area contributed by atoms with Crippen LogP contribution in [0.5, 0.6) is 0 Å². The Hall–Kier alpha value is -0.570. The zero-order valence-electron chi connectivity index (χ0n) is 11.5. The molecule has 0 aromatic carbocycles. The smallest absolute Gasteiger partial charge is 0.241 e. The van der Waals surface area contributed by atoms with Gasteiger partial charge in [0.2, 0.25) is 5.91 Å². The number of amides is 1. The fraction of sp³-hybridized carbons (Fsp3) is 0.929. The molecule has 2 aliphatic rings. The Bertz CT molecular complexity index is 286. The first-order valence-electron chi connectivity index (χ1n) is 7.22. The zero-order chi connectivity index (χ0) is 12.5. The summed E-state index contributed by atoms with van der Waals surface area (Å²) in [7, 11) is 0. The lowest BCUT2D eigenvalue weighted by molar-refractivity contribution is -0.131. The highest BCUT2D eigenvalue weighted by Gasteiger charge is 2.47. The quantitative estimate of drug-likeness (QED) is 0.771. The third kappa shape index (κ3) is 2.49. The summed E-state index contributed by atoms with van der Waals surface area (Å²) in [5.41, 5.74) is 0.474. The molecule has 0 bridgehead atoms. The second-order valence-electron chi connectivity index (χ2n) is 5.77. The van der Waals surface area contributed by atoms with Crippen molar-refractivity contribution in [2.75, 3.05) is 6.54 Å². The lowest BCUT2D eigenvalue weighted by Crippen LogP contribution is -2.40. The van der Waals surface area contributed by atoms with E-state index in [2.05, 4.69) is 31.0 Å². The molecule has 2 unspecified atom stereocenters. The van der Waals surface area contributed by atoms with E-state index in [0.717, 1.165) is 19.4 Å². The first kappa shape index (κ1) is 12.9. The molecule has 2 fully saturated rings. The van der Waals surface area contributed by atoms with E-state index in [1.807, 2.05) is 0 Å². The molecule has 0 aromatic heterocycles. The van der Waals surface area contributed by atoms with Gasteiger partial charge >= 0.3 is 0 Å². The standard InChI is InChI=1S/C14H26N2O/c1-4-7-14(8-9-14)10-16-12(6-3)15-11(5-2)13(16)17/h11-12,15H,4-10H2,1-3H3. The SMILES string of the molecule is CCCC1(CN2C(=O)C(CC)NC2CC)CC1. The molecular weight excluding hydrogens is 212 g/mol. The first-order valence-corrected chi connectivity index (χ1v) is 7.22. The van der Waals surface area contributed by atoms with Crippen LogP contribution in [0, 0.1) is 5.41 Å². The molecule has 0 radical (unpaired) electrons. The van der Waals surface area contributed by atoms with Gasteiger partial charge in [-0.25, -0.2) is 0 Å². The van der Waals surface area contributed by atoms with E-state index in [1.54, 1.807) is 0 Å². The number of nitrogens with one attached hydrogen (secondary N) is 1. The predicted molar refractivity (Wildman–Crippen MR) is 69.6 cm³/mol. The van der Waals surface area contributed by atoms with Gasteiger partial charge in [-0.2, -0.15) is 0 Å². The highest BCUT2D eigenvalue weighted by atomic mass is 16.2. The molecule has 1 amide bonds. The number of nitrogens with zero attached hydrogens (tertiary/aromatic N) is 1. The summed E-state index contributed by atoms with van der Waals surface area (Å²) in [4.78, 5) is 14.4. The Balaban J connectivity index is 2.01. The van der Waals surface area contributed by atoms with E-state index in [9.17, 15) is 4.79 Å². The number of hydrogen-bond donors (Lipinski definition) is 1. The molecule has 17 heavy (non-hydrogen) atoms. The predicted octanol–water partition coefficient (Wildman–Crippen LogP) is 2.51. The molecule has 98 valence electrons. The number of hydrogen-bond acceptors (Lipinski definition) is 2. The summed E-state index contributed by atoms with van der Waals surface area (Å²) in [6, 6.07) is 0.0670. The van der Waals surface area contributed by atoms with Gasteiger partial charge in [0.05, 0.1) is 12.2 Å². The van der Waals surface area contributed by atoms with Crippen molar-refractivity contribution in [1.82, 2.24) is 10.2 Å². The number of rotatable bonds is 6. The summed E-state index contributed by atoms with van der Waals surface area (Å²) in [5.74, 6) is 0.335. The van der Waals surface area contributed by atoms with Crippen LogP contribution < -0.4 is 5.32 Å². The van der Waals surface area contributed by atoms with Crippen LogP contribution in [0.15, 0.2) is 0 Å². The van der Waals surface area contributed by atoms with Crippen LogP contribution in [-0.2, 0) is 4.79 Å². The fourth-order valence-corrected chi connectivity index (χ4v) is 3.12. The normalized spacial score (nSPS) is 31.0. The van der Waals surface area contributed by atoms with Crippen molar-refractivity contribution in [3.05, 3.63) is 0 Å². The average Bonchev–Trinajstić information content (AvgIpc) is 3.01. The van der Waals surface area contributed by atoms with Crippen LogP contribution in [-0.4, -0.2) is 29.6 Å².